The van der Waals surface area contributed by atoms with Gasteiger partial charge >= 0.3 is 6.03 Å². The van der Waals surface area contributed by atoms with Crippen LogP contribution in [0.5, 0.6) is 0 Å². The molecule has 1 aromatic heterocycles. The van der Waals surface area contributed by atoms with Crippen molar-refractivity contribution >= 4 is 58.1 Å². The fourth-order valence-electron chi connectivity index (χ4n) is 3.61. The Kier molecular flexibility index (Phi) is 7.93. The standard InChI is InChI=1S/C27H26Cl2N6O/c1-18(19-9-5-4-6-10-19)31-26-30-16-15-24(32-26)35(21-12-7-11-20(17-21)34(2)3)27(36)33-25-22(28)13-8-14-23(25)29/h4-18H,1-3H3,(H,33,36)(H,30,31,32)/t18-/m0/s1. The predicted octanol–water partition coefficient (Wildman–Crippen LogP) is 7.39. The second-order valence-corrected chi connectivity index (χ2v) is 9.11. The Labute approximate surface area is 220 Å². The molecule has 7 nitrogen and oxygen atoms in total. The molecule has 2 amide bonds. The van der Waals surface area contributed by atoms with Crippen LogP contribution in [0.25, 0.3) is 0 Å². The monoisotopic (exact) mass is 520 g/mol. The first-order chi connectivity index (χ1) is 17.3. The van der Waals surface area contributed by atoms with Crippen LogP contribution in [0.1, 0.15) is 18.5 Å². The normalized spacial score (nSPS) is 11.5. The number of para-hydroxylation sites is 1. The third kappa shape index (κ3) is 5.87. The number of halogens is 2. The molecule has 0 saturated carbocycles. The SMILES string of the molecule is C[C@H](Nc1nccc(N(C(=O)Nc2c(Cl)cccc2Cl)c2cccc(N(C)C)c2)n1)c1ccccc1. The Morgan fingerprint density at radius 2 is 1.56 bits per heavy atom. The maximum atomic E-state index is 13.7. The van der Waals surface area contributed by atoms with Crippen LogP contribution in [0, 0.1) is 0 Å². The van der Waals surface area contributed by atoms with Gasteiger partial charge in [-0.1, -0.05) is 65.7 Å². The zero-order valence-electron chi connectivity index (χ0n) is 20.1. The number of anilines is 5. The van der Waals surface area contributed by atoms with E-state index in [-0.39, 0.29) is 6.04 Å². The number of nitrogens with one attached hydrogen (secondary N) is 2. The van der Waals surface area contributed by atoms with E-state index in [9.17, 15) is 4.79 Å². The van der Waals surface area contributed by atoms with Gasteiger partial charge in [0.05, 0.1) is 27.5 Å². The molecule has 0 bridgehead atoms. The van der Waals surface area contributed by atoms with Gasteiger partial charge in [0.25, 0.3) is 0 Å². The number of urea groups is 1. The van der Waals surface area contributed by atoms with E-state index in [2.05, 4.69) is 20.6 Å². The van der Waals surface area contributed by atoms with E-state index in [1.54, 1.807) is 30.5 Å². The highest BCUT2D eigenvalue weighted by atomic mass is 35.5. The number of carbonyl (C=O) groups excluding carboxylic acids is 1. The van der Waals surface area contributed by atoms with Crippen LogP contribution in [0.3, 0.4) is 0 Å². The highest BCUT2D eigenvalue weighted by Gasteiger charge is 2.23. The zero-order valence-corrected chi connectivity index (χ0v) is 21.6. The van der Waals surface area contributed by atoms with E-state index in [1.165, 1.54) is 4.90 Å². The molecule has 1 heterocycles. The molecule has 9 heteroatoms. The molecule has 36 heavy (non-hydrogen) atoms. The average Bonchev–Trinajstić information content (AvgIpc) is 2.87. The highest BCUT2D eigenvalue weighted by Crippen LogP contribution is 2.33. The molecule has 1 atom stereocenters. The van der Waals surface area contributed by atoms with Crippen molar-refractivity contribution in [3.8, 4) is 0 Å². The van der Waals surface area contributed by atoms with Gasteiger partial charge in [-0.2, -0.15) is 4.98 Å². The fraction of sp³-hybridized carbons (Fsp3) is 0.148. The van der Waals surface area contributed by atoms with Gasteiger partial charge in [-0.3, -0.25) is 0 Å². The summed E-state index contributed by atoms with van der Waals surface area (Å²) in [6, 6.07) is 23.8. The number of aromatic nitrogens is 2. The first kappa shape index (κ1) is 25.3. The van der Waals surface area contributed by atoms with Crippen LogP contribution in [0.2, 0.25) is 10.0 Å². The van der Waals surface area contributed by atoms with E-state index in [0.29, 0.717) is 33.2 Å². The minimum absolute atomic E-state index is 0.0391. The number of rotatable bonds is 7. The number of hydrogen-bond acceptors (Lipinski definition) is 5. The van der Waals surface area contributed by atoms with Crippen molar-refractivity contribution in [2.24, 2.45) is 0 Å². The molecule has 0 aliphatic heterocycles. The van der Waals surface area contributed by atoms with E-state index < -0.39 is 6.03 Å². The lowest BCUT2D eigenvalue weighted by Crippen LogP contribution is -2.32. The molecule has 0 aliphatic rings. The Bertz CT molecular complexity index is 1330. The van der Waals surface area contributed by atoms with Gasteiger partial charge in [-0.05, 0) is 42.8 Å². The molecule has 0 unspecified atom stereocenters. The number of benzene rings is 3. The predicted molar refractivity (Wildman–Crippen MR) is 149 cm³/mol. The third-order valence-electron chi connectivity index (χ3n) is 5.52. The van der Waals surface area contributed by atoms with Crippen LogP contribution in [0.15, 0.2) is 85.1 Å². The van der Waals surface area contributed by atoms with Crippen LogP contribution < -0.4 is 20.4 Å². The van der Waals surface area contributed by atoms with Crippen LogP contribution in [-0.4, -0.2) is 30.1 Å². The van der Waals surface area contributed by atoms with Crippen LogP contribution >= 0.6 is 23.2 Å². The van der Waals surface area contributed by atoms with E-state index in [0.717, 1.165) is 11.3 Å². The molecule has 0 saturated heterocycles. The van der Waals surface area contributed by atoms with Crippen molar-refractivity contribution in [1.82, 2.24) is 9.97 Å². The van der Waals surface area contributed by atoms with E-state index in [4.69, 9.17) is 23.2 Å². The fourth-order valence-corrected chi connectivity index (χ4v) is 4.10. The first-order valence-corrected chi connectivity index (χ1v) is 12.1. The van der Waals surface area contributed by atoms with Crippen LogP contribution in [0.4, 0.5) is 33.6 Å². The smallest absolute Gasteiger partial charge is 0.332 e. The maximum absolute atomic E-state index is 13.7. The lowest BCUT2D eigenvalue weighted by atomic mass is 10.1. The summed E-state index contributed by atoms with van der Waals surface area (Å²) in [6.45, 7) is 2.02. The molecule has 184 valence electrons. The van der Waals surface area contributed by atoms with Crippen molar-refractivity contribution in [2.75, 3.05) is 34.5 Å². The summed E-state index contributed by atoms with van der Waals surface area (Å²) in [6.07, 6.45) is 1.61. The van der Waals surface area contributed by atoms with Gasteiger partial charge < -0.3 is 15.5 Å². The Balaban J connectivity index is 1.71. The molecule has 0 aliphatic carbocycles. The van der Waals surface area contributed by atoms with Crippen molar-refractivity contribution in [3.05, 3.63) is 101 Å². The van der Waals surface area contributed by atoms with Crippen LogP contribution in [-0.2, 0) is 0 Å². The zero-order chi connectivity index (χ0) is 25.7. The summed E-state index contributed by atoms with van der Waals surface area (Å²) in [7, 11) is 3.87. The van der Waals surface area contributed by atoms with Crippen molar-refractivity contribution < 1.29 is 4.79 Å². The number of hydrogen-bond donors (Lipinski definition) is 2. The summed E-state index contributed by atoms with van der Waals surface area (Å²) in [4.78, 5) is 26.1. The number of amides is 2. The van der Waals surface area contributed by atoms with Gasteiger partial charge in [0.1, 0.15) is 5.82 Å². The average molecular weight is 521 g/mol. The Morgan fingerprint density at radius 1 is 0.889 bits per heavy atom. The minimum atomic E-state index is -0.471. The molecule has 0 spiro atoms. The molecular formula is C27H26Cl2N6O. The van der Waals surface area contributed by atoms with E-state index >= 15 is 0 Å². The molecular weight excluding hydrogens is 495 g/mol. The maximum Gasteiger partial charge on any atom is 0.332 e. The first-order valence-electron chi connectivity index (χ1n) is 11.3. The summed E-state index contributed by atoms with van der Waals surface area (Å²) >= 11 is 12.6. The van der Waals surface area contributed by atoms with Gasteiger partial charge in [0.2, 0.25) is 5.95 Å². The second kappa shape index (κ2) is 11.3. The van der Waals surface area contributed by atoms with Gasteiger partial charge in [0.15, 0.2) is 0 Å². The third-order valence-corrected chi connectivity index (χ3v) is 6.15. The largest absolute Gasteiger partial charge is 0.378 e. The van der Waals surface area contributed by atoms with Gasteiger partial charge in [-0.25, -0.2) is 14.7 Å². The summed E-state index contributed by atoms with van der Waals surface area (Å²) in [5, 5.41) is 6.82. The molecule has 3 aromatic carbocycles. The Morgan fingerprint density at radius 3 is 2.25 bits per heavy atom. The molecule has 0 fully saturated rings. The quantitative estimate of drug-likeness (QED) is 0.265. The molecule has 0 radical (unpaired) electrons. The second-order valence-electron chi connectivity index (χ2n) is 8.29. The van der Waals surface area contributed by atoms with Crippen molar-refractivity contribution in [2.45, 2.75) is 13.0 Å². The summed E-state index contributed by atoms with van der Waals surface area (Å²) < 4.78 is 0. The number of nitrogens with zero attached hydrogens (tertiary/aromatic N) is 4. The summed E-state index contributed by atoms with van der Waals surface area (Å²) in [5.41, 5.74) is 2.95. The minimum Gasteiger partial charge on any atom is -0.378 e. The molecule has 4 rings (SSSR count). The lowest BCUT2D eigenvalue weighted by Gasteiger charge is -2.25. The molecule has 4 aromatic rings. The number of carbonyl (C=O) groups is 1. The van der Waals surface area contributed by atoms with Gasteiger partial charge in [0, 0.05) is 32.0 Å². The summed E-state index contributed by atoms with van der Waals surface area (Å²) in [5.74, 6) is 0.769. The van der Waals surface area contributed by atoms with E-state index in [1.807, 2.05) is 80.5 Å². The Hall–Kier alpha value is -3.81. The van der Waals surface area contributed by atoms with Crippen molar-refractivity contribution in [1.29, 1.82) is 0 Å². The van der Waals surface area contributed by atoms with Crippen molar-refractivity contribution in [3.63, 3.8) is 0 Å². The topological polar surface area (TPSA) is 73.4 Å². The van der Waals surface area contributed by atoms with Gasteiger partial charge in [-0.15, -0.1) is 0 Å². The lowest BCUT2D eigenvalue weighted by molar-refractivity contribution is 0.259. The molecule has 2 N–H and O–H groups in total. The highest BCUT2D eigenvalue weighted by molar-refractivity contribution is 6.40.